The van der Waals surface area contributed by atoms with Crippen molar-refractivity contribution in [1.82, 2.24) is 19.8 Å². The SMILES string of the molecule is CSCc1nc2ccccc2n1CC(=O)NCC1CCCN(C(C)C)C1. The van der Waals surface area contributed by atoms with Gasteiger partial charge in [-0.2, -0.15) is 11.8 Å². The average Bonchev–Trinajstić information content (AvgIpc) is 2.98. The fraction of sp³-hybridized carbons (Fsp3) is 0.600. The second kappa shape index (κ2) is 8.91. The topological polar surface area (TPSA) is 50.2 Å². The fourth-order valence-electron chi connectivity index (χ4n) is 3.73. The molecule has 1 unspecified atom stereocenters. The fourth-order valence-corrected chi connectivity index (χ4v) is 4.21. The highest BCUT2D eigenvalue weighted by atomic mass is 32.2. The molecule has 1 amide bonds. The van der Waals surface area contributed by atoms with Crippen LogP contribution in [0.15, 0.2) is 24.3 Å². The minimum atomic E-state index is 0.0807. The summed E-state index contributed by atoms with van der Waals surface area (Å²) in [6.07, 6.45) is 4.49. The summed E-state index contributed by atoms with van der Waals surface area (Å²) in [5.41, 5.74) is 2.00. The highest BCUT2D eigenvalue weighted by molar-refractivity contribution is 7.97. The number of nitrogens with one attached hydrogen (secondary N) is 1. The van der Waals surface area contributed by atoms with Gasteiger partial charge in [-0.05, 0) is 57.5 Å². The Morgan fingerprint density at radius 3 is 2.96 bits per heavy atom. The van der Waals surface area contributed by atoms with Crippen LogP contribution in [0.4, 0.5) is 0 Å². The minimum absolute atomic E-state index is 0.0807. The van der Waals surface area contributed by atoms with Crippen molar-refractivity contribution in [2.45, 2.75) is 45.0 Å². The summed E-state index contributed by atoms with van der Waals surface area (Å²) >= 11 is 1.73. The number of amides is 1. The lowest BCUT2D eigenvalue weighted by Gasteiger charge is -2.35. The summed E-state index contributed by atoms with van der Waals surface area (Å²) < 4.78 is 2.06. The molecule has 0 spiro atoms. The van der Waals surface area contributed by atoms with E-state index in [9.17, 15) is 4.79 Å². The van der Waals surface area contributed by atoms with Crippen LogP contribution >= 0.6 is 11.8 Å². The maximum Gasteiger partial charge on any atom is 0.240 e. The predicted molar refractivity (Wildman–Crippen MR) is 109 cm³/mol. The molecule has 1 N–H and O–H groups in total. The van der Waals surface area contributed by atoms with Gasteiger partial charge in [-0.1, -0.05) is 12.1 Å². The summed E-state index contributed by atoms with van der Waals surface area (Å²) in [6, 6.07) is 8.63. The number of benzene rings is 1. The molecular weight excluding hydrogens is 344 g/mol. The Balaban J connectivity index is 1.61. The van der Waals surface area contributed by atoms with Crippen LogP contribution in [0.5, 0.6) is 0 Å². The molecule has 1 saturated heterocycles. The number of nitrogens with zero attached hydrogens (tertiary/aromatic N) is 3. The number of carbonyl (C=O) groups is 1. The van der Waals surface area contributed by atoms with Gasteiger partial charge in [-0.25, -0.2) is 4.98 Å². The van der Waals surface area contributed by atoms with Gasteiger partial charge < -0.3 is 14.8 Å². The van der Waals surface area contributed by atoms with Gasteiger partial charge in [0, 0.05) is 19.1 Å². The summed E-state index contributed by atoms with van der Waals surface area (Å²) in [5, 5.41) is 3.16. The Morgan fingerprint density at radius 1 is 1.38 bits per heavy atom. The Bertz CT molecular complexity index is 742. The van der Waals surface area contributed by atoms with Crippen molar-refractivity contribution in [3.63, 3.8) is 0 Å². The van der Waals surface area contributed by atoms with E-state index in [1.807, 2.05) is 24.3 Å². The van der Waals surface area contributed by atoms with Crippen LogP contribution in [0.25, 0.3) is 11.0 Å². The number of thioether (sulfide) groups is 1. The van der Waals surface area contributed by atoms with Crippen molar-refractivity contribution < 1.29 is 4.79 Å². The number of aromatic nitrogens is 2. The van der Waals surface area contributed by atoms with Crippen molar-refractivity contribution >= 4 is 28.7 Å². The van der Waals surface area contributed by atoms with Gasteiger partial charge in [0.05, 0.1) is 16.8 Å². The first kappa shape index (κ1) is 19.2. The number of piperidine rings is 1. The minimum Gasteiger partial charge on any atom is -0.354 e. The van der Waals surface area contributed by atoms with E-state index in [4.69, 9.17) is 4.98 Å². The zero-order valence-corrected chi connectivity index (χ0v) is 16.9. The molecule has 1 atom stereocenters. The number of likely N-dealkylation sites (tertiary alicyclic amines) is 1. The molecule has 0 bridgehead atoms. The standard InChI is InChI=1S/C20H30N4OS/c1-15(2)23-10-6-7-16(12-23)11-21-20(25)13-24-18-9-5-4-8-17(18)22-19(24)14-26-3/h4-5,8-9,15-16H,6-7,10-14H2,1-3H3,(H,21,25). The van der Waals surface area contributed by atoms with Crippen LogP contribution in [0.3, 0.4) is 0 Å². The number of imidazole rings is 1. The molecule has 3 rings (SSSR count). The third-order valence-electron chi connectivity index (χ3n) is 5.18. The smallest absolute Gasteiger partial charge is 0.240 e. The molecule has 2 aromatic rings. The molecule has 5 nitrogen and oxygen atoms in total. The molecule has 6 heteroatoms. The zero-order chi connectivity index (χ0) is 18.5. The highest BCUT2D eigenvalue weighted by Gasteiger charge is 2.22. The van der Waals surface area contributed by atoms with Gasteiger partial charge in [-0.3, -0.25) is 4.79 Å². The maximum atomic E-state index is 12.6. The molecular formula is C20H30N4OS. The molecule has 1 aliphatic heterocycles. The van der Waals surface area contributed by atoms with Gasteiger partial charge >= 0.3 is 0 Å². The lowest BCUT2D eigenvalue weighted by molar-refractivity contribution is -0.121. The van der Waals surface area contributed by atoms with E-state index in [0.717, 1.165) is 35.7 Å². The second-order valence-corrected chi connectivity index (χ2v) is 8.30. The van der Waals surface area contributed by atoms with Crippen molar-refractivity contribution in [1.29, 1.82) is 0 Å². The second-order valence-electron chi connectivity index (χ2n) is 7.44. The van der Waals surface area contributed by atoms with Gasteiger partial charge in [0.1, 0.15) is 12.4 Å². The van der Waals surface area contributed by atoms with Crippen LogP contribution in [-0.2, 0) is 17.1 Å². The summed E-state index contributed by atoms with van der Waals surface area (Å²) in [4.78, 5) is 19.8. The maximum absolute atomic E-state index is 12.6. The molecule has 1 aromatic heterocycles. The Kier molecular flexibility index (Phi) is 6.59. The Hall–Kier alpha value is -1.53. The van der Waals surface area contributed by atoms with Crippen molar-refractivity contribution in [3.8, 4) is 0 Å². The number of hydrogen-bond acceptors (Lipinski definition) is 4. The van der Waals surface area contributed by atoms with E-state index in [0.29, 0.717) is 18.5 Å². The normalized spacial score (nSPS) is 18.5. The number of hydrogen-bond donors (Lipinski definition) is 1. The summed E-state index contributed by atoms with van der Waals surface area (Å²) in [7, 11) is 0. The molecule has 0 aliphatic carbocycles. The zero-order valence-electron chi connectivity index (χ0n) is 16.1. The average molecular weight is 375 g/mol. The van der Waals surface area contributed by atoms with E-state index < -0.39 is 0 Å². The first-order chi connectivity index (χ1) is 12.6. The summed E-state index contributed by atoms with van der Waals surface area (Å²) in [6.45, 7) is 7.88. The predicted octanol–water partition coefficient (Wildman–Crippen LogP) is 3.14. The lowest BCUT2D eigenvalue weighted by atomic mass is 9.97. The van der Waals surface area contributed by atoms with Gasteiger partial charge in [0.2, 0.25) is 5.91 Å². The van der Waals surface area contributed by atoms with Crippen molar-refractivity contribution in [2.75, 3.05) is 25.9 Å². The van der Waals surface area contributed by atoms with Gasteiger partial charge in [-0.15, -0.1) is 0 Å². The third-order valence-corrected chi connectivity index (χ3v) is 5.72. The molecule has 1 fully saturated rings. The van der Waals surface area contributed by atoms with E-state index in [2.05, 4.69) is 34.9 Å². The van der Waals surface area contributed by atoms with Crippen LogP contribution in [0.1, 0.15) is 32.5 Å². The molecule has 2 heterocycles. The monoisotopic (exact) mass is 374 g/mol. The van der Waals surface area contributed by atoms with E-state index in [1.165, 1.54) is 19.4 Å². The number of rotatable bonds is 7. The summed E-state index contributed by atoms with van der Waals surface area (Å²) in [5.74, 6) is 2.42. The van der Waals surface area contributed by atoms with E-state index >= 15 is 0 Å². The van der Waals surface area contributed by atoms with Crippen LogP contribution in [0.2, 0.25) is 0 Å². The quantitative estimate of drug-likeness (QED) is 0.809. The van der Waals surface area contributed by atoms with Crippen molar-refractivity contribution in [2.24, 2.45) is 5.92 Å². The van der Waals surface area contributed by atoms with Gasteiger partial charge in [0.25, 0.3) is 0 Å². The molecule has 26 heavy (non-hydrogen) atoms. The van der Waals surface area contributed by atoms with Crippen LogP contribution in [-0.4, -0.2) is 52.3 Å². The molecule has 142 valence electrons. The molecule has 1 aromatic carbocycles. The number of carbonyl (C=O) groups excluding carboxylic acids is 1. The molecule has 0 saturated carbocycles. The van der Waals surface area contributed by atoms with E-state index in [1.54, 1.807) is 11.8 Å². The third kappa shape index (κ3) is 4.60. The number of fused-ring (bicyclic) bond motifs is 1. The largest absolute Gasteiger partial charge is 0.354 e. The first-order valence-electron chi connectivity index (χ1n) is 9.52. The lowest BCUT2D eigenvalue weighted by Crippen LogP contribution is -2.44. The highest BCUT2D eigenvalue weighted by Crippen LogP contribution is 2.20. The van der Waals surface area contributed by atoms with Crippen LogP contribution in [0, 0.1) is 5.92 Å². The molecule has 1 aliphatic rings. The first-order valence-corrected chi connectivity index (χ1v) is 10.9. The van der Waals surface area contributed by atoms with Crippen LogP contribution < -0.4 is 5.32 Å². The van der Waals surface area contributed by atoms with Crippen molar-refractivity contribution in [3.05, 3.63) is 30.1 Å². The van der Waals surface area contributed by atoms with Gasteiger partial charge in [0.15, 0.2) is 0 Å². The molecule has 0 radical (unpaired) electrons. The van der Waals surface area contributed by atoms with E-state index in [-0.39, 0.29) is 5.91 Å². The Labute approximate surface area is 160 Å². The number of para-hydroxylation sites is 2. The Morgan fingerprint density at radius 2 is 2.19 bits per heavy atom.